The predicted molar refractivity (Wildman–Crippen MR) is 63.5 cm³/mol. The van der Waals surface area contributed by atoms with Crippen LogP contribution in [-0.4, -0.2) is 33.8 Å². The second-order valence-electron chi connectivity index (χ2n) is 4.38. The molecule has 1 aromatic rings. The van der Waals surface area contributed by atoms with Crippen molar-refractivity contribution in [3.05, 3.63) is 11.2 Å². The zero-order chi connectivity index (χ0) is 11.8. The van der Waals surface area contributed by atoms with Crippen LogP contribution in [0, 0.1) is 0 Å². The normalized spacial score (nSPS) is 19.8. The Kier molecular flexibility index (Phi) is 2.90. The molecule has 1 aliphatic rings. The van der Waals surface area contributed by atoms with E-state index in [0.717, 1.165) is 13.1 Å². The number of piperidine rings is 1. The highest BCUT2D eigenvalue weighted by Gasteiger charge is 2.28. The minimum absolute atomic E-state index is 0.219. The Hall–Kier alpha value is -1.07. The zero-order valence-electron chi connectivity index (χ0n) is 9.15. The third-order valence-electron chi connectivity index (χ3n) is 2.88. The summed E-state index contributed by atoms with van der Waals surface area (Å²) in [4.78, 5) is 9.97. The van der Waals surface area contributed by atoms with Crippen molar-refractivity contribution in [1.29, 1.82) is 0 Å². The zero-order valence-corrected chi connectivity index (χ0v) is 9.91. The first kappa shape index (κ1) is 11.4. The number of aliphatic hydroxyl groups is 1. The van der Waals surface area contributed by atoms with Gasteiger partial charge in [0, 0.05) is 13.1 Å². The molecule has 0 aromatic carbocycles. The lowest BCUT2D eigenvalue weighted by Crippen LogP contribution is -2.43. The number of aromatic nitrogens is 2. The minimum Gasteiger partial charge on any atom is -0.390 e. The summed E-state index contributed by atoms with van der Waals surface area (Å²) < 4.78 is 0. The van der Waals surface area contributed by atoms with Crippen molar-refractivity contribution < 1.29 is 5.11 Å². The molecule has 0 amide bonds. The Balaban J connectivity index is 2.17. The molecule has 3 N–H and O–H groups in total. The summed E-state index contributed by atoms with van der Waals surface area (Å²) in [6.07, 6.45) is 2.91. The van der Waals surface area contributed by atoms with Crippen LogP contribution in [0.5, 0.6) is 0 Å². The monoisotopic (exact) mass is 242 g/mol. The average molecular weight is 243 g/mol. The van der Waals surface area contributed by atoms with Crippen molar-refractivity contribution in [2.24, 2.45) is 0 Å². The minimum atomic E-state index is -0.582. The lowest BCUT2D eigenvalue weighted by molar-refractivity contribution is 0.0350. The summed E-state index contributed by atoms with van der Waals surface area (Å²) in [6.45, 7) is 3.30. The lowest BCUT2D eigenvalue weighted by atomic mass is 9.94. The summed E-state index contributed by atoms with van der Waals surface area (Å²) >= 11 is 6.02. The van der Waals surface area contributed by atoms with Crippen molar-refractivity contribution in [2.45, 2.75) is 25.4 Å². The van der Waals surface area contributed by atoms with Crippen LogP contribution in [-0.2, 0) is 0 Å². The van der Waals surface area contributed by atoms with Crippen LogP contribution in [0.25, 0.3) is 0 Å². The second-order valence-corrected chi connectivity index (χ2v) is 4.79. The highest BCUT2D eigenvalue weighted by Crippen LogP contribution is 2.29. The van der Waals surface area contributed by atoms with Crippen LogP contribution in [0.3, 0.4) is 0 Å². The molecule has 16 heavy (non-hydrogen) atoms. The van der Waals surface area contributed by atoms with Gasteiger partial charge in [-0.3, -0.25) is 0 Å². The molecule has 0 aliphatic carbocycles. The first-order chi connectivity index (χ1) is 7.48. The third kappa shape index (κ3) is 2.36. The second kappa shape index (κ2) is 4.07. The topological polar surface area (TPSA) is 75.3 Å². The van der Waals surface area contributed by atoms with E-state index in [4.69, 9.17) is 17.3 Å². The molecule has 0 unspecified atom stereocenters. The number of halogens is 1. The van der Waals surface area contributed by atoms with Gasteiger partial charge in [0.25, 0.3) is 0 Å². The molecular weight excluding hydrogens is 228 g/mol. The molecule has 2 heterocycles. The number of hydrogen-bond donors (Lipinski definition) is 2. The van der Waals surface area contributed by atoms with Gasteiger partial charge in [0.2, 0.25) is 5.95 Å². The smallest absolute Gasteiger partial charge is 0.222 e. The fourth-order valence-electron chi connectivity index (χ4n) is 1.79. The van der Waals surface area contributed by atoms with E-state index >= 15 is 0 Å². The molecule has 0 saturated carbocycles. The maximum absolute atomic E-state index is 9.85. The molecular formula is C10H15ClN4O. The fourth-order valence-corrected chi connectivity index (χ4v) is 2.00. The van der Waals surface area contributed by atoms with Gasteiger partial charge in [-0.2, -0.15) is 4.98 Å². The maximum atomic E-state index is 9.85. The largest absolute Gasteiger partial charge is 0.390 e. The van der Waals surface area contributed by atoms with Crippen LogP contribution in [0.1, 0.15) is 19.8 Å². The van der Waals surface area contributed by atoms with E-state index in [1.54, 1.807) is 0 Å². The molecule has 0 spiro atoms. The van der Waals surface area contributed by atoms with E-state index in [2.05, 4.69) is 9.97 Å². The first-order valence-corrected chi connectivity index (χ1v) is 5.61. The summed E-state index contributed by atoms with van der Waals surface area (Å²) in [5.41, 5.74) is 4.95. The average Bonchev–Trinajstić information content (AvgIpc) is 2.22. The Morgan fingerprint density at radius 1 is 1.50 bits per heavy atom. The molecule has 1 aliphatic heterocycles. The molecule has 88 valence electrons. The van der Waals surface area contributed by atoms with Gasteiger partial charge < -0.3 is 15.7 Å². The summed E-state index contributed by atoms with van der Waals surface area (Å²) in [7, 11) is 0. The maximum Gasteiger partial charge on any atom is 0.222 e. The fraction of sp³-hybridized carbons (Fsp3) is 0.600. The Labute approximate surface area is 99.3 Å². The molecule has 1 saturated heterocycles. The van der Waals surface area contributed by atoms with Gasteiger partial charge in [0.05, 0.1) is 11.8 Å². The van der Waals surface area contributed by atoms with Gasteiger partial charge in [-0.1, -0.05) is 11.6 Å². The van der Waals surface area contributed by atoms with E-state index in [0.29, 0.717) is 23.7 Å². The standard InChI is InChI=1S/C10H15ClN4O/c1-10(16)2-4-15(5-3-10)8-7(11)6-13-9(12)14-8/h6,16H,2-5H2,1H3,(H2,12,13,14). The Morgan fingerprint density at radius 2 is 2.12 bits per heavy atom. The van der Waals surface area contributed by atoms with Crippen LogP contribution in [0.2, 0.25) is 5.02 Å². The van der Waals surface area contributed by atoms with Gasteiger partial charge in [-0.25, -0.2) is 4.98 Å². The number of nitrogens with zero attached hydrogens (tertiary/aromatic N) is 3. The number of nitrogens with two attached hydrogens (primary N) is 1. The van der Waals surface area contributed by atoms with Gasteiger partial charge in [-0.05, 0) is 19.8 Å². The predicted octanol–water partition coefficient (Wildman–Crippen LogP) is 1.06. The molecule has 1 aromatic heterocycles. The van der Waals surface area contributed by atoms with Crippen LogP contribution in [0.4, 0.5) is 11.8 Å². The molecule has 5 nitrogen and oxygen atoms in total. The van der Waals surface area contributed by atoms with Crippen molar-refractivity contribution in [3.8, 4) is 0 Å². The molecule has 6 heteroatoms. The van der Waals surface area contributed by atoms with E-state index in [9.17, 15) is 5.11 Å². The van der Waals surface area contributed by atoms with Gasteiger partial charge in [0.15, 0.2) is 5.82 Å². The van der Waals surface area contributed by atoms with Crippen LogP contribution >= 0.6 is 11.6 Å². The van der Waals surface area contributed by atoms with Crippen LogP contribution in [0.15, 0.2) is 6.20 Å². The summed E-state index contributed by atoms with van der Waals surface area (Å²) in [5.74, 6) is 0.876. The van der Waals surface area contributed by atoms with Gasteiger partial charge >= 0.3 is 0 Å². The molecule has 1 fully saturated rings. The van der Waals surface area contributed by atoms with Crippen LogP contribution < -0.4 is 10.6 Å². The van der Waals surface area contributed by atoms with Gasteiger partial charge in [-0.15, -0.1) is 0 Å². The molecule has 0 atom stereocenters. The number of hydrogen-bond acceptors (Lipinski definition) is 5. The Morgan fingerprint density at radius 3 is 2.75 bits per heavy atom. The SMILES string of the molecule is CC1(O)CCN(c2nc(N)ncc2Cl)CC1. The van der Waals surface area contributed by atoms with Crippen molar-refractivity contribution in [3.63, 3.8) is 0 Å². The van der Waals surface area contributed by atoms with E-state index in [-0.39, 0.29) is 5.95 Å². The number of nitrogen functional groups attached to an aromatic ring is 1. The van der Waals surface area contributed by atoms with E-state index < -0.39 is 5.60 Å². The third-order valence-corrected chi connectivity index (χ3v) is 3.15. The van der Waals surface area contributed by atoms with E-state index in [1.165, 1.54) is 6.20 Å². The highest BCUT2D eigenvalue weighted by molar-refractivity contribution is 6.32. The van der Waals surface area contributed by atoms with Crippen molar-refractivity contribution in [1.82, 2.24) is 9.97 Å². The quantitative estimate of drug-likeness (QED) is 0.770. The highest BCUT2D eigenvalue weighted by atomic mass is 35.5. The van der Waals surface area contributed by atoms with Crippen molar-refractivity contribution >= 4 is 23.4 Å². The molecule has 0 radical (unpaired) electrons. The first-order valence-electron chi connectivity index (χ1n) is 5.23. The number of anilines is 2. The lowest BCUT2D eigenvalue weighted by Gasteiger charge is -2.36. The number of rotatable bonds is 1. The van der Waals surface area contributed by atoms with Crippen molar-refractivity contribution in [2.75, 3.05) is 23.7 Å². The van der Waals surface area contributed by atoms with Gasteiger partial charge in [0.1, 0.15) is 5.02 Å². The summed E-state index contributed by atoms with van der Waals surface area (Å²) in [6, 6.07) is 0. The van der Waals surface area contributed by atoms with E-state index in [1.807, 2.05) is 11.8 Å². The summed E-state index contributed by atoms with van der Waals surface area (Å²) in [5, 5.41) is 10.3. The molecule has 2 rings (SSSR count). The molecule has 0 bridgehead atoms. The Bertz CT molecular complexity index is 386.